The van der Waals surface area contributed by atoms with Crippen molar-refractivity contribution >= 4 is 27.5 Å². The van der Waals surface area contributed by atoms with E-state index in [2.05, 4.69) is 28.2 Å². The van der Waals surface area contributed by atoms with Crippen LogP contribution in [-0.4, -0.2) is 7.05 Å². The first-order valence-corrected chi connectivity index (χ1v) is 6.47. The monoisotopic (exact) mass is 313 g/mol. The third-order valence-corrected chi connectivity index (χ3v) is 3.38. The number of halogens is 2. The van der Waals surface area contributed by atoms with E-state index in [1.54, 1.807) is 0 Å². The molecule has 0 aliphatic rings. The summed E-state index contributed by atoms with van der Waals surface area (Å²) in [5.74, 6) is 0.866. The van der Waals surface area contributed by atoms with Crippen LogP contribution in [0.25, 0.3) is 0 Å². The normalized spacial score (nSPS) is 12.7. The lowest BCUT2D eigenvalue weighted by atomic mass is 9.99. The minimum absolute atomic E-state index is 0.0139. The van der Waals surface area contributed by atoms with Crippen molar-refractivity contribution in [1.82, 2.24) is 5.32 Å². The van der Waals surface area contributed by atoms with Crippen LogP contribution in [0.1, 0.15) is 22.9 Å². The summed E-state index contributed by atoms with van der Waals surface area (Å²) >= 11 is 9.36. The Kier molecular flexibility index (Phi) is 3.92. The molecule has 0 aliphatic carbocycles. The van der Waals surface area contributed by atoms with Crippen LogP contribution in [0.15, 0.2) is 39.4 Å². The zero-order valence-corrected chi connectivity index (χ0v) is 12.0. The zero-order valence-electron chi connectivity index (χ0n) is 9.63. The van der Waals surface area contributed by atoms with E-state index < -0.39 is 0 Å². The van der Waals surface area contributed by atoms with Gasteiger partial charge >= 0.3 is 0 Å². The predicted octanol–water partition coefficient (Wildman–Crippen LogP) is 4.31. The van der Waals surface area contributed by atoms with Crippen LogP contribution < -0.4 is 5.32 Å². The summed E-state index contributed by atoms with van der Waals surface area (Å²) in [6.45, 7) is 2.06. The van der Waals surface area contributed by atoms with Crippen LogP contribution in [0.2, 0.25) is 5.02 Å². The number of rotatable bonds is 3. The first-order valence-electron chi connectivity index (χ1n) is 5.30. The SMILES string of the molecule is CNC(c1ccc(Br)o1)c1cc(Cl)ccc1C. The Labute approximate surface area is 114 Å². The fourth-order valence-electron chi connectivity index (χ4n) is 1.86. The molecule has 0 radical (unpaired) electrons. The molecule has 4 heteroatoms. The molecule has 1 aromatic heterocycles. The zero-order chi connectivity index (χ0) is 12.4. The van der Waals surface area contributed by atoms with E-state index in [4.69, 9.17) is 16.0 Å². The Bertz CT molecular complexity index is 524. The van der Waals surface area contributed by atoms with Gasteiger partial charge in [-0.1, -0.05) is 17.7 Å². The average molecular weight is 315 g/mol. The third kappa shape index (κ3) is 2.73. The summed E-state index contributed by atoms with van der Waals surface area (Å²) < 4.78 is 6.33. The van der Waals surface area contributed by atoms with Crippen molar-refractivity contribution in [2.75, 3.05) is 7.05 Å². The fraction of sp³-hybridized carbons (Fsp3) is 0.231. The molecule has 1 aromatic carbocycles. The third-order valence-electron chi connectivity index (χ3n) is 2.72. The molecule has 2 nitrogen and oxygen atoms in total. The largest absolute Gasteiger partial charge is 0.452 e. The van der Waals surface area contributed by atoms with E-state index in [0.29, 0.717) is 0 Å². The first-order chi connectivity index (χ1) is 8.11. The van der Waals surface area contributed by atoms with Gasteiger partial charge in [0.25, 0.3) is 0 Å². The quantitative estimate of drug-likeness (QED) is 0.913. The van der Waals surface area contributed by atoms with Gasteiger partial charge in [-0.25, -0.2) is 0 Å². The van der Waals surface area contributed by atoms with Gasteiger partial charge in [0.1, 0.15) is 5.76 Å². The Morgan fingerprint density at radius 3 is 2.65 bits per heavy atom. The molecule has 0 bridgehead atoms. The highest BCUT2D eigenvalue weighted by atomic mass is 79.9. The average Bonchev–Trinajstić information content (AvgIpc) is 2.71. The maximum Gasteiger partial charge on any atom is 0.169 e. The predicted molar refractivity (Wildman–Crippen MR) is 73.5 cm³/mol. The molecule has 0 aliphatic heterocycles. The summed E-state index contributed by atoms with van der Waals surface area (Å²) in [6, 6.07) is 9.73. The van der Waals surface area contributed by atoms with Crippen LogP contribution in [0.3, 0.4) is 0 Å². The van der Waals surface area contributed by atoms with Crippen molar-refractivity contribution in [2.45, 2.75) is 13.0 Å². The summed E-state index contributed by atoms with van der Waals surface area (Å²) in [5, 5.41) is 3.98. The lowest BCUT2D eigenvalue weighted by Crippen LogP contribution is -2.18. The number of furan rings is 1. The number of hydrogen-bond donors (Lipinski definition) is 1. The smallest absolute Gasteiger partial charge is 0.169 e. The molecule has 0 amide bonds. The fourth-order valence-corrected chi connectivity index (χ4v) is 2.36. The number of nitrogens with one attached hydrogen (secondary N) is 1. The highest BCUT2D eigenvalue weighted by Crippen LogP contribution is 2.29. The number of aryl methyl sites for hydroxylation is 1. The van der Waals surface area contributed by atoms with Crippen molar-refractivity contribution in [2.24, 2.45) is 0 Å². The van der Waals surface area contributed by atoms with Gasteiger partial charge in [-0.2, -0.15) is 0 Å². The molecule has 2 aromatic rings. The second kappa shape index (κ2) is 5.25. The molecule has 1 heterocycles. The topological polar surface area (TPSA) is 25.2 Å². The molecule has 0 fully saturated rings. The molecule has 0 saturated carbocycles. The van der Waals surface area contributed by atoms with E-state index in [1.807, 2.05) is 37.4 Å². The Morgan fingerprint density at radius 1 is 1.29 bits per heavy atom. The molecule has 0 spiro atoms. The summed E-state index contributed by atoms with van der Waals surface area (Å²) in [4.78, 5) is 0. The van der Waals surface area contributed by atoms with Gasteiger partial charge in [0.05, 0.1) is 6.04 Å². The van der Waals surface area contributed by atoms with Gasteiger partial charge in [-0.05, 0) is 65.3 Å². The van der Waals surface area contributed by atoms with Gasteiger partial charge in [-0.15, -0.1) is 0 Å². The van der Waals surface area contributed by atoms with Crippen molar-refractivity contribution in [3.8, 4) is 0 Å². The second-order valence-electron chi connectivity index (χ2n) is 3.86. The van der Waals surface area contributed by atoms with Crippen LogP contribution in [0.5, 0.6) is 0 Å². The lowest BCUT2D eigenvalue weighted by molar-refractivity contribution is 0.446. The number of hydrogen-bond acceptors (Lipinski definition) is 2. The van der Waals surface area contributed by atoms with Crippen molar-refractivity contribution in [1.29, 1.82) is 0 Å². The summed E-state index contributed by atoms with van der Waals surface area (Å²) in [7, 11) is 1.90. The first kappa shape index (κ1) is 12.7. The highest BCUT2D eigenvalue weighted by Gasteiger charge is 2.17. The molecule has 0 saturated heterocycles. The number of benzene rings is 1. The Morgan fingerprint density at radius 2 is 2.06 bits per heavy atom. The summed E-state index contributed by atoms with van der Waals surface area (Å²) in [6.07, 6.45) is 0. The van der Waals surface area contributed by atoms with Crippen LogP contribution in [-0.2, 0) is 0 Å². The van der Waals surface area contributed by atoms with Gasteiger partial charge in [-0.3, -0.25) is 0 Å². The van der Waals surface area contributed by atoms with E-state index in [9.17, 15) is 0 Å². The highest BCUT2D eigenvalue weighted by molar-refractivity contribution is 9.10. The molecular weight excluding hydrogens is 302 g/mol. The van der Waals surface area contributed by atoms with E-state index in [0.717, 1.165) is 21.0 Å². The van der Waals surface area contributed by atoms with Gasteiger partial charge in [0.2, 0.25) is 0 Å². The van der Waals surface area contributed by atoms with Gasteiger partial charge in [0.15, 0.2) is 4.67 Å². The van der Waals surface area contributed by atoms with E-state index >= 15 is 0 Å². The second-order valence-corrected chi connectivity index (χ2v) is 5.08. The van der Waals surface area contributed by atoms with Gasteiger partial charge < -0.3 is 9.73 Å². The minimum Gasteiger partial charge on any atom is -0.452 e. The Hall–Kier alpha value is -0.770. The molecule has 2 rings (SSSR count). The molecule has 90 valence electrons. The van der Waals surface area contributed by atoms with Crippen LogP contribution in [0, 0.1) is 6.92 Å². The van der Waals surface area contributed by atoms with Gasteiger partial charge in [0, 0.05) is 5.02 Å². The van der Waals surface area contributed by atoms with Crippen molar-refractivity contribution < 1.29 is 4.42 Å². The minimum atomic E-state index is 0.0139. The van der Waals surface area contributed by atoms with Crippen LogP contribution in [0.4, 0.5) is 0 Å². The lowest BCUT2D eigenvalue weighted by Gasteiger charge is -2.16. The van der Waals surface area contributed by atoms with Crippen molar-refractivity contribution in [3.05, 3.63) is 56.9 Å². The molecule has 17 heavy (non-hydrogen) atoms. The molecular formula is C13H13BrClNO. The van der Waals surface area contributed by atoms with E-state index in [-0.39, 0.29) is 6.04 Å². The maximum atomic E-state index is 6.04. The van der Waals surface area contributed by atoms with Crippen LogP contribution >= 0.6 is 27.5 Å². The maximum absolute atomic E-state index is 6.04. The summed E-state index contributed by atoms with van der Waals surface area (Å²) in [5.41, 5.74) is 2.31. The standard InChI is InChI=1S/C13H13BrClNO/c1-8-3-4-9(15)7-10(8)13(16-2)11-5-6-12(14)17-11/h3-7,13,16H,1-2H3. The molecule has 1 unspecified atom stereocenters. The van der Waals surface area contributed by atoms with Crippen molar-refractivity contribution in [3.63, 3.8) is 0 Å². The molecule has 1 N–H and O–H groups in total. The molecule has 1 atom stereocenters. The van der Waals surface area contributed by atoms with E-state index in [1.165, 1.54) is 5.56 Å². The Balaban J connectivity index is 2.45.